The Morgan fingerprint density at radius 2 is 1.85 bits per heavy atom. The maximum atomic E-state index is 9.87. The molecule has 1 aromatic carbocycles. The summed E-state index contributed by atoms with van der Waals surface area (Å²) >= 11 is 0. The van der Waals surface area contributed by atoms with Crippen molar-refractivity contribution < 1.29 is 5.11 Å². The van der Waals surface area contributed by atoms with E-state index in [1.807, 2.05) is 18.2 Å². The number of aromatic nitrogens is 2. The van der Waals surface area contributed by atoms with Gasteiger partial charge in [-0.1, -0.05) is 12.1 Å². The number of nitrogens with zero attached hydrogens (tertiary/aromatic N) is 5. The van der Waals surface area contributed by atoms with Crippen LogP contribution in [0.1, 0.15) is 23.1 Å². The summed E-state index contributed by atoms with van der Waals surface area (Å²) in [6.07, 6.45) is 3.10. The van der Waals surface area contributed by atoms with Crippen LogP contribution in [0.3, 0.4) is 0 Å². The first-order chi connectivity index (χ1) is 13.3. The average Bonchev–Trinajstić information content (AvgIpc) is 3.32. The van der Waals surface area contributed by atoms with Gasteiger partial charge in [-0.25, -0.2) is 4.98 Å². The number of rotatable bonds is 3. The number of β-amino-alcohol motifs (C(OH)–C–C–N with tert-alkyl or cyclic N) is 1. The first kappa shape index (κ1) is 16.5. The van der Waals surface area contributed by atoms with Crippen molar-refractivity contribution in [1.29, 1.82) is 5.26 Å². The number of para-hydroxylation sites is 2. The molecule has 3 heterocycles. The number of aliphatic hydroxyl groups is 1. The van der Waals surface area contributed by atoms with Crippen LogP contribution < -0.4 is 4.90 Å². The molecule has 0 saturated carbocycles. The number of nitriles is 1. The molecule has 1 fully saturated rings. The Morgan fingerprint density at radius 1 is 1.07 bits per heavy atom. The van der Waals surface area contributed by atoms with Gasteiger partial charge in [0.15, 0.2) is 5.65 Å². The highest BCUT2D eigenvalue weighted by Crippen LogP contribution is 2.38. The summed E-state index contributed by atoms with van der Waals surface area (Å²) in [6.45, 7) is 4.71. The zero-order valence-corrected chi connectivity index (χ0v) is 15.4. The lowest BCUT2D eigenvalue weighted by Crippen LogP contribution is -2.48. The number of anilines is 1. The molecule has 0 spiro atoms. The van der Waals surface area contributed by atoms with Crippen LogP contribution in [0.25, 0.3) is 16.7 Å². The van der Waals surface area contributed by atoms with E-state index in [4.69, 9.17) is 4.98 Å². The Bertz CT molecular complexity index is 1060. The van der Waals surface area contributed by atoms with Crippen molar-refractivity contribution in [3.63, 3.8) is 0 Å². The third-order valence-corrected chi connectivity index (χ3v) is 5.99. The lowest BCUT2D eigenvalue weighted by atomic mass is 10.0. The lowest BCUT2D eigenvalue weighted by Gasteiger charge is -2.37. The van der Waals surface area contributed by atoms with Gasteiger partial charge in [0, 0.05) is 32.7 Å². The monoisotopic (exact) mass is 361 g/mol. The number of fused-ring (bicyclic) bond motifs is 4. The van der Waals surface area contributed by atoms with Gasteiger partial charge in [-0.2, -0.15) is 5.26 Å². The van der Waals surface area contributed by atoms with Crippen LogP contribution in [-0.2, 0) is 12.8 Å². The molecule has 5 rings (SSSR count). The molecule has 6 nitrogen and oxygen atoms in total. The van der Waals surface area contributed by atoms with Gasteiger partial charge in [-0.3, -0.25) is 9.30 Å². The fourth-order valence-corrected chi connectivity index (χ4v) is 4.72. The number of piperazine rings is 1. The summed E-state index contributed by atoms with van der Waals surface area (Å²) in [4.78, 5) is 9.60. The van der Waals surface area contributed by atoms with E-state index >= 15 is 0 Å². The second-order valence-electron chi connectivity index (χ2n) is 7.43. The summed E-state index contributed by atoms with van der Waals surface area (Å²) in [5.41, 5.74) is 6.10. The highest BCUT2D eigenvalue weighted by Gasteiger charge is 2.29. The molecule has 27 heavy (non-hydrogen) atoms. The van der Waals surface area contributed by atoms with Gasteiger partial charge in [-0.05, 0) is 42.5 Å². The molecule has 1 aliphatic heterocycles. The smallest absolute Gasteiger partial charge is 0.157 e. The van der Waals surface area contributed by atoms with Gasteiger partial charge in [0.2, 0.25) is 0 Å². The van der Waals surface area contributed by atoms with Gasteiger partial charge >= 0.3 is 0 Å². The Hall–Kier alpha value is -2.62. The maximum Gasteiger partial charge on any atom is 0.157 e. The van der Waals surface area contributed by atoms with Crippen LogP contribution in [0, 0.1) is 11.3 Å². The van der Waals surface area contributed by atoms with E-state index in [0.29, 0.717) is 0 Å². The fourth-order valence-electron chi connectivity index (χ4n) is 4.72. The van der Waals surface area contributed by atoms with Crippen molar-refractivity contribution in [2.45, 2.75) is 19.3 Å². The van der Waals surface area contributed by atoms with E-state index in [1.165, 1.54) is 16.9 Å². The summed E-state index contributed by atoms with van der Waals surface area (Å²) in [5.74, 6) is 1.23. The zero-order valence-electron chi connectivity index (χ0n) is 15.4. The van der Waals surface area contributed by atoms with Crippen molar-refractivity contribution in [2.24, 2.45) is 0 Å². The summed E-state index contributed by atoms with van der Waals surface area (Å²) in [6, 6.07) is 10.6. The molecule has 0 amide bonds. The molecule has 2 aromatic heterocycles. The van der Waals surface area contributed by atoms with Crippen LogP contribution in [0.15, 0.2) is 24.3 Å². The molecule has 3 aromatic rings. The maximum absolute atomic E-state index is 9.87. The van der Waals surface area contributed by atoms with Crippen molar-refractivity contribution >= 4 is 22.5 Å². The van der Waals surface area contributed by atoms with Crippen molar-refractivity contribution in [2.75, 3.05) is 44.2 Å². The molecule has 0 atom stereocenters. The second kappa shape index (κ2) is 6.52. The summed E-state index contributed by atoms with van der Waals surface area (Å²) in [5, 5.41) is 19.1. The number of pyridine rings is 1. The number of hydrogen-bond acceptors (Lipinski definition) is 5. The molecule has 2 aliphatic rings. The van der Waals surface area contributed by atoms with E-state index in [-0.39, 0.29) is 6.61 Å². The van der Waals surface area contributed by atoms with Crippen LogP contribution >= 0.6 is 0 Å². The number of imidazole rings is 1. The first-order valence-corrected chi connectivity index (χ1v) is 9.75. The van der Waals surface area contributed by atoms with Crippen LogP contribution in [0.4, 0.5) is 5.82 Å². The molecule has 1 N–H and O–H groups in total. The second-order valence-corrected chi connectivity index (χ2v) is 7.43. The Morgan fingerprint density at radius 3 is 2.63 bits per heavy atom. The topological polar surface area (TPSA) is 67.8 Å². The third-order valence-electron chi connectivity index (χ3n) is 5.99. The predicted molar refractivity (Wildman–Crippen MR) is 105 cm³/mol. The van der Waals surface area contributed by atoms with E-state index in [0.717, 1.165) is 74.2 Å². The molecule has 0 radical (unpaired) electrons. The quantitative estimate of drug-likeness (QED) is 0.772. The minimum Gasteiger partial charge on any atom is -0.395 e. The predicted octanol–water partition coefficient (Wildman–Crippen LogP) is 1.96. The third kappa shape index (κ3) is 2.50. The molecule has 0 bridgehead atoms. The van der Waals surface area contributed by atoms with Gasteiger partial charge < -0.3 is 10.0 Å². The van der Waals surface area contributed by atoms with Crippen LogP contribution in [0.5, 0.6) is 0 Å². The molecule has 1 saturated heterocycles. The number of hydrogen-bond donors (Lipinski definition) is 1. The van der Waals surface area contributed by atoms with E-state index < -0.39 is 0 Å². The van der Waals surface area contributed by atoms with E-state index in [9.17, 15) is 10.4 Å². The van der Waals surface area contributed by atoms with Crippen molar-refractivity contribution in [1.82, 2.24) is 14.3 Å². The van der Waals surface area contributed by atoms with E-state index in [2.05, 4.69) is 26.3 Å². The average molecular weight is 361 g/mol. The number of benzene rings is 1. The van der Waals surface area contributed by atoms with Crippen LogP contribution in [0.2, 0.25) is 0 Å². The summed E-state index contributed by atoms with van der Waals surface area (Å²) in [7, 11) is 0. The molecule has 0 unspecified atom stereocenters. The van der Waals surface area contributed by atoms with Crippen LogP contribution in [-0.4, -0.2) is 58.7 Å². The van der Waals surface area contributed by atoms with Gasteiger partial charge in [0.25, 0.3) is 0 Å². The van der Waals surface area contributed by atoms with Gasteiger partial charge in [0.05, 0.1) is 23.2 Å². The van der Waals surface area contributed by atoms with Gasteiger partial charge in [0.1, 0.15) is 11.9 Å². The Kier molecular flexibility index (Phi) is 4.00. The highest BCUT2D eigenvalue weighted by atomic mass is 16.3. The van der Waals surface area contributed by atoms with E-state index in [1.54, 1.807) is 0 Å². The molecule has 1 aliphatic carbocycles. The summed E-state index contributed by atoms with van der Waals surface area (Å²) < 4.78 is 2.22. The molecule has 6 heteroatoms. The molecular weight excluding hydrogens is 338 g/mol. The Balaban J connectivity index is 1.73. The first-order valence-electron chi connectivity index (χ1n) is 9.75. The largest absolute Gasteiger partial charge is 0.395 e. The SMILES string of the molecule is N#Cc1c2c(c(N3CCN(CCO)CC3)n3c1nc1ccccc13)CCC2. The lowest BCUT2D eigenvalue weighted by molar-refractivity contribution is 0.188. The highest BCUT2D eigenvalue weighted by molar-refractivity contribution is 5.86. The minimum atomic E-state index is 0.211. The standard InChI is InChI=1S/C21H23N5O/c22-14-17-15-4-3-5-16(15)21(25-10-8-24(9-11-25)12-13-27)26-19-7-2-1-6-18(19)23-20(17)26/h1-2,6-7,27H,3-5,8-13H2. The van der Waals surface area contributed by atoms with Gasteiger partial charge in [-0.15, -0.1) is 0 Å². The molecular formula is C21H23N5O. The zero-order chi connectivity index (χ0) is 18.4. The minimum absolute atomic E-state index is 0.211. The Labute approximate surface area is 158 Å². The number of aliphatic hydroxyl groups excluding tert-OH is 1. The molecule has 138 valence electrons. The fraction of sp³-hybridized carbons (Fsp3) is 0.429. The normalized spacial score (nSPS) is 17.6. The van der Waals surface area contributed by atoms with Crippen molar-refractivity contribution in [3.8, 4) is 6.07 Å². The van der Waals surface area contributed by atoms with Crippen molar-refractivity contribution in [3.05, 3.63) is 41.0 Å².